The summed E-state index contributed by atoms with van der Waals surface area (Å²) in [6, 6.07) is 7.83. The number of hydrogen-bond acceptors (Lipinski definition) is 4. The molecule has 5 nitrogen and oxygen atoms in total. The van der Waals surface area contributed by atoms with Crippen LogP contribution in [0.4, 0.5) is 0 Å². The average molecular weight is 266 g/mol. The number of carbonyl (C=O) groups excluding carboxylic acids is 1. The predicted octanol–water partition coefficient (Wildman–Crippen LogP) is 0.962. The SMILES string of the molecule is CCS(=O)(=O)c1ccc(CN(C)C(=O)C#N)cc1. The normalized spacial score (nSPS) is 10.7. The summed E-state index contributed by atoms with van der Waals surface area (Å²) in [5.41, 5.74) is 0.774. The highest BCUT2D eigenvalue weighted by molar-refractivity contribution is 7.91. The number of nitriles is 1. The number of amides is 1. The van der Waals surface area contributed by atoms with Gasteiger partial charge in [0, 0.05) is 13.6 Å². The van der Waals surface area contributed by atoms with Crippen LogP contribution in [0, 0.1) is 11.3 Å². The zero-order chi connectivity index (χ0) is 13.8. The Morgan fingerprint density at radius 1 is 1.33 bits per heavy atom. The van der Waals surface area contributed by atoms with E-state index in [1.807, 2.05) is 0 Å². The van der Waals surface area contributed by atoms with E-state index in [9.17, 15) is 13.2 Å². The van der Waals surface area contributed by atoms with Crippen LogP contribution in [0.15, 0.2) is 29.2 Å². The average Bonchev–Trinajstić information content (AvgIpc) is 2.38. The number of rotatable bonds is 4. The fraction of sp³-hybridized carbons (Fsp3) is 0.333. The zero-order valence-corrected chi connectivity index (χ0v) is 11.1. The van der Waals surface area contributed by atoms with Gasteiger partial charge in [0.15, 0.2) is 15.9 Å². The van der Waals surface area contributed by atoms with Gasteiger partial charge in [0.2, 0.25) is 0 Å². The summed E-state index contributed by atoms with van der Waals surface area (Å²) in [7, 11) is -1.68. The van der Waals surface area contributed by atoms with Crippen LogP contribution >= 0.6 is 0 Å². The summed E-state index contributed by atoms with van der Waals surface area (Å²) >= 11 is 0. The third-order valence-corrected chi connectivity index (χ3v) is 4.28. The number of nitrogens with zero attached hydrogens (tertiary/aromatic N) is 2. The molecule has 0 aliphatic rings. The van der Waals surface area contributed by atoms with Gasteiger partial charge in [-0.2, -0.15) is 5.26 Å². The van der Waals surface area contributed by atoms with Gasteiger partial charge in [0.05, 0.1) is 10.6 Å². The van der Waals surface area contributed by atoms with Crippen molar-refractivity contribution in [3.8, 4) is 6.07 Å². The maximum absolute atomic E-state index is 11.6. The quantitative estimate of drug-likeness (QED) is 0.760. The van der Waals surface area contributed by atoms with Gasteiger partial charge in [-0.15, -0.1) is 0 Å². The molecule has 1 amide bonds. The summed E-state index contributed by atoms with van der Waals surface area (Å²) in [4.78, 5) is 12.6. The van der Waals surface area contributed by atoms with Gasteiger partial charge in [-0.25, -0.2) is 8.42 Å². The Morgan fingerprint density at radius 2 is 1.89 bits per heavy atom. The van der Waals surface area contributed by atoms with E-state index in [1.165, 1.54) is 30.1 Å². The van der Waals surface area contributed by atoms with Gasteiger partial charge in [-0.1, -0.05) is 19.1 Å². The van der Waals surface area contributed by atoms with Gasteiger partial charge in [-0.05, 0) is 17.7 Å². The summed E-state index contributed by atoms with van der Waals surface area (Å²) in [5, 5.41) is 8.45. The van der Waals surface area contributed by atoms with Crippen molar-refractivity contribution in [3.63, 3.8) is 0 Å². The molecule has 18 heavy (non-hydrogen) atoms. The number of hydrogen-bond donors (Lipinski definition) is 0. The largest absolute Gasteiger partial charge is 0.329 e. The van der Waals surface area contributed by atoms with E-state index in [-0.39, 0.29) is 17.2 Å². The predicted molar refractivity (Wildman–Crippen MR) is 66.3 cm³/mol. The summed E-state index contributed by atoms with van der Waals surface area (Å²) in [6.45, 7) is 1.86. The Bertz CT molecular complexity index is 570. The first kappa shape index (κ1) is 14.2. The topological polar surface area (TPSA) is 78.2 Å². The Balaban J connectivity index is 2.85. The van der Waals surface area contributed by atoms with Crippen molar-refractivity contribution in [1.82, 2.24) is 4.90 Å². The lowest BCUT2D eigenvalue weighted by Gasteiger charge is -2.13. The molecule has 0 atom stereocenters. The van der Waals surface area contributed by atoms with Crippen molar-refractivity contribution < 1.29 is 13.2 Å². The highest BCUT2D eigenvalue weighted by atomic mass is 32.2. The second-order valence-electron chi connectivity index (χ2n) is 3.82. The molecular formula is C12H14N2O3S. The van der Waals surface area contributed by atoms with E-state index in [0.717, 1.165) is 5.56 Å². The van der Waals surface area contributed by atoms with Gasteiger partial charge >= 0.3 is 5.91 Å². The molecule has 1 rings (SSSR count). The first-order chi connectivity index (χ1) is 8.40. The number of carbonyl (C=O) groups is 1. The summed E-state index contributed by atoms with van der Waals surface area (Å²) < 4.78 is 23.2. The lowest BCUT2D eigenvalue weighted by Crippen LogP contribution is -2.24. The maximum Gasteiger partial charge on any atom is 0.325 e. The Kier molecular flexibility index (Phi) is 4.45. The maximum atomic E-state index is 11.6. The highest BCUT2D eigenvalue weighted by Crippen LogP contribution is 2.13. The molecule has 1 aromatic rings. The molecule has 6 heteroatoms. The first-order valence-electron chi connectivity index (χ1n) is 5.37. The van der Waals surface area contributed by atoms with E-state index < -0.39 is 15.7 Å². The van der Waals surface area contributed by atoms with Crippen molar-refractivity contribution in [3.05, 3.63) is 29.8 Å². The fourth-order valence-electron chi connectivity index (χ4n) is 1.40. The molecule has 0 radical (unpaired) electrons. The smallest absolute Gasteiger partial charge is 0.325 e. The second kappa shape index (κ2) is 5.65. The van der Waals surface area contributed by atoms with Crippen LogP contribution in [0.2, 0.25) is 0 Å². The van der Waals surface area contributed by atoms with Crippen LogP contribution in [0.5, 0.6) is 0 Å². The molecular weight excluding hydrogens is 252 g/mol. The minimum atomic E-state index is -3.20. The Labute approximate surface area is 107 Å². The molecule has 1 aromatic carbocycles. The van der Waals surface area contributed by atoms with Gasteiger partial charge < -0.3 is 4.90 Å². The fourth-order valence-corrected chi connectivity index (χ4v) is 2.28. The lowest BCUT2D eigenvalue weighted by atomic mass is 10.2. The summed E-state index contributed by atoms with van der Waals surface area (Å²) in [5.74, 6) is -0.570. The molecule has 0 heterocycles. The molecule has 0 aromatic heterocycles. The molecule has 0 aliphatic heterocycles. The van der Waals surface area contributed by atoms with E-state index in [4.69, 9.17) is 5.26 Å². The second-order valence-corrected chi connectivity index (χ2v) is 6.10. The molecule has 0 saturated carbocycles. The monoisotopic (exact) mass is 266 g/mol. The molecule has 96 valence electrons. The lowest BCUT2D eigenvalue weighted by molar-refractivity contribution is -0.124. The third-order valence-electron chi connectivity index (χ3n) is 2.52. The Hall–Kier alpha value is -1.87. The van der Waals surface area contributed by atoms with Crippen LogP contribution in [0.3, 0.4) is 0 Å². The molecule has 0 saturated heterocycles. The van der Waals surface area contributed by atoms with Crippen LogP contribution < -0.4 is 0 Å². The van der Waals surface area contributed by atoms with E-state index in [2.05, 4.69) is 0 Å². The van der Waals surface area contributed by atoms with Crippen molar-refractivity contribution in [1.29, 1.82) is 5.26 Å². The molecule has 0 unspecified atom stereocenters. The van der Waals surface area contributed by atoms with Crippen LogP contribution in [-0.2, 0) is 21.2 Å². The zero-order valence-electron chi connectivity index (χ0n) is 10.3. The number of sulfone groups is 1. The molecule has 0 bridgehead atoms. The molecule has 0 fully saturated rings. The molecule has 0 N–H and O–H groups in total. The van der Waals surface area contributed by atoms with Crippen molar-refractivity contribution in [2.45, 2.75) is 18.4 Å². The van der Waals surface area contributed by atoms with E-state index in [0.29, 0.717) is 0 Å². The van der Waals surface area contributed by atoms with Crippen LogP contribution in [-0.4, -0.2) is 32.0 Å². The van der Waals surface area contributed by atoms with Crippen LogP contribution in [0.25, 0.3) is 0 Å². The molecule has 0 aliphatic carbocycles. The van der Waals surface area contributed by atoms with Crippen molar-refractivity contribution in [2.24, 2.45) is 0 Å². The van der Waals surface area contributed by atoms with Gasteiger partial charge in [0.25, 0.3) is 0 Å². The minimum absolute atomic E-state index is 0.0547. The standard InChI is InChI=1S/C12H14N2O3S/c1-3-18(16,17)11-6-4-10(5-7-11)9-14(2)12(15)8-13/h4-7H,3,9H2,1-2H3. The van der Waals surface area contributed by atoms with Gasteiger partial charge in [0.1, 0.15) is 0 Å². The van der Waals surface area contributed by atoms with E-state index in [1.54, 1.807) is 19.1 Å². The van der Waals surface area contributed by atoms with Crippen molar-refractivity contribution in [2.75, 3.05) is 12.8 Å². The van der Waals surface area contributed by atoms with Crippen LogP contribution in [0.1, 0.15) is 12.5 Å². The highest BCUT2D eigenvalue weighted by Gasteiger charge is 2.12. The minimum Gasteiger partial charge on any atom is -0.329 e. The van der Waals surface area contributed by atoms with Gasteiger partial charge in [-0.3, -0.25) is 4.79 Å². The molecule has 0 spiro atoms. The summed E-state index contributed by atoms with van der Waals surface area (Å²) in [6.07, 6.45) is 0. The Morgan fingerprint density at radius 3 is 2.33 bits per heavy atom. The third kappa shape index (κ3) is 3.31. The van der Waals surface area contributed by atoms with Crippen molar-refractivity contribution >= 4 is 15.7 Å². The first-order valence-corrected chi connectivity index (χ1v) is 7.03. The number of benzene rings is 1. The van der Waals surface area contributed by atoms with E-state index >= 15 is 0 Å².